The highest BCUT2D eigenvalue weighted by molar-refractivity contribution is 8.76. The monoisotopic (exact) mass is 1630 g/mol. The van der Waals surface area contributed by atoms with Crippen molar-refractivity contribution in [1.29, 1.82) is 0 Å². The van der Waals surface area contributed by atoms with Gasteiger partial charge in [0, 0.05) is 174 Å². The predicted molar refractivity (Wildman–Crippen MR) is 379 cm³/mol. The van der Waals surface area contributed by atoms with Crippen LogP contribution in [0.15, 0.2) is 0 Å². The molecule has 0 aromatic carbocycles. The highest BCUT2D eigenvalue weighted by Crippen LogP contribution is 2.42. The number of nitrogens with one attached hydrogen (secondary N) is 2. The molecule has 0 spiro atoms. The van der Waals surface area contributed by atoms with Crippen LogP contribution in [0, 0.1) is 0 Å². The zero-order valence-corrected chi connectivity index (χ0v) is 68.5. The summed E-state index contributed by atoms with van der Waals surface area (Å²) in [6, 6.07) is -0.795. The minimum absolute atomic E-state index is 0.00463. The highest BCUT2D eigenvalue weighted by atomic mass is 33.1. The van der Waals surface area contributed by atoms with Gasteiger partial charge in [-0.05, 0) is 0 Å². The molecule has 19 rings (SSSR count). The van der Waals surface area contributed by atoms with E-state index in [1.807, 2.05) is 0 Å². The van der Waals surface area contributed by atoms with E-state index in [0.717, 1.165) is 0 Å². The third-order valence-corrected chi connectivity index (χ3v) is 23.0. The van der Waals surface area contributed by atoms with E-state index in [1.165, 1.54) is 171 Å². The maximum absolute atomic E-state index is 13.9. The second kappa shape index (κ2) is 47.7. The number of hydroxylamine groups is 1. The Morgan fingerprint density at radius 3 is 0.691 bits per heavy atom. The lowest BCUT2D eigenvalue weighted by Crippen LogP contribution is -2.70. The Kier molecular flexibility index (Phi) is 40.7. The molecule has 642 valence electrons. The van der Waals surface area contributed by atoms with Crippen LogP contribution in [0.25, 0.3) is 0 Å². The van der Waals surface area contributed by atoms with Crippen LogP contribution < -0.4 is 10.8 Å². The van der Waals surface area contributed by atoms with Crippen molar-refractivity contribution < 1.29 is 175 Å². The average molecular weight is 1640 g/mol. The zero-order chi connectivity index (χ0) is 79.7. The molecular weight excluding hydrogens is 1510 g/mol. The molecule has 0 aromatic rings. The molecule has 19 aliphatic rings. The predicted octanol–water partition coefficient (Wildman–Crippen LogP) is -1.19. The molecule has 0 saturated carbocycles. The fourth-order valence-electron chi connectivity index (χ4n) is 15.6. The minimum Gasteiger partial charge on any atom is -0.382 e. The minimum atomic E-state index is -1.26. The smallest absolute Gasteiger partial charge is 0.244 e. The molecular formula is C69H122N2O37S2. The molecule has 19 heterocycles. The molecule has 41 heteroatoms. The molecule has 0 radical (unpaired) electrons. The van der Waals surface area contributed by atoms with Crippen molar-refractivity contribution in [2.45, 2.75) is 228 Å². The summed E-state index contributed by atoms with van der Waals surface area (Å²) in [4.78, 5) is 33.3. The Hall–Kier alpha value is -1.76. The van der Waals surface area contributed by atoms with Crippen molar-refractivity contribution in [3.8, 4) is 0 Å². The quantitative estimate of drug-likeness (QED) is 0.0870. The van der Waals surface area contributed by atoms with Gasteiger partial charge in [-0.25, -0.2) is 10.3 Å². The molecule has 19 aliphatic heterocycles. The number of methoxy groups -OCH3 is 21. The SMILES string of the molecule is COC[C@H]1O[C@@H]2O[C@H]3[C@H](OC)[C@@H](OC)[C@@H](O[C@H]4[C@H](OC)[C@@H](OC)[C@@H](O[C@H]5[C@H](OC)[C@@H](OC)[C@@H](O[C@H]6[C@H](OC)[C@@H](OC)[C@@H](O[C@H]7[C@H](OC)[C@@H](OC)[C@@H](O[C@H]8[C@H](OC)[C@@H](OC)[C@@H](ONC(=O)CCSSCCC(=O)N[C@H]1[C@H](OC)[C@H]2OC)O[C@@H]8COC)O[C@@H]7COC)O[C@@H]6COC)O[C@@H]5COC)O[C@@H]4COC)O[C@@H]3COC. The molecule has 39 nitrogen and oxygen atoms in total. The number of hydrogen-bond acceptors (Lipinski definition) is 39. The van der Waals surface area contributed by atoms with Crippen LogP contribution in [-0.4, -0.2) is 434 Å². The fourth-order valence-corrected chi connectivity index (χ4v) is 17.5. The van der Waals surface area contributed by atoms with E-state index in [2.05, 4.69) is 10.8 Å². The van der Waals surface area contributed by atoms with Gasteiger partial charge in [-0.2, -0.15) is 0 Å². The van der Waals surface area contributed by atoms with Crippen LogP contribution in [0.4, 0.5) is 0 Å². The second-order valence-corrected chi connectivity index (χ2v) is 29.5. The number of carbonyl (C=O) groups excluding carboxylic acids is 2. The zero-order valence-electron chi connectivity index (χ0n) is 66.9. The summed E-state index contributed by atoms with van der Waals surface area (Å²) in [7, 11) is 34.1. The maximum Gasteiger partial charge on any atom is 0.244 e. The van der Waals surface area contributed by atoms with Gasteiger partial charge < -0.3 is 166 Å². The third kappa shape index (κ3) is 22.4. The van der Waals surface area contributed by atoms with Crippen molar-refractivity contribution >= 4 is 33.4 Å². The molecule has 19 saturated heterocycles. The van der Waals surface area contributed by atoms with E-state index in [-0.39, 0.29) is 65.0 Å². The summed E-state index contributed by atoms with van der Waals surface area (Å²) in [5.74, 6) is -0.0571. The summed E-state index contributed by atoms with van der Waals surface area (Å²) in [6.45, 7) is -0.335. The summed E-state index contributed by atoms with van der Waals surface area (Å²) >= 11 is 0. The number of carbonyl (C=O) groups is 2. The highest BCUT2D eigenvalue weighted by Gasteiger charge is 2.62. The van der Waals surface area contributed by atoms with Crippen LogP contribution in [0.3, 0.4) is 0 Å². The van der Waals surface area contributed by atoms with E-state index in [4.69, 9.17) is 166 Å². The number of rotatable bonds is 28. The normalized spacial score (nSPS) is 43.3. The molecule has 2 amide bonds. The van der Waals surface area contributed by atoms with E-state index in [1.54, 1.807) is 0 Å². The van der Waals surface area contributed by atoms with E-state index >= 15 is 0 Å². The lowest BCUT2D eigenvalue weighted by atomic mass is 9.94. The topological polar surface area (TPSA) is 381 Å². The van der Waals surface area contributed by atoms with Crippen molar-refractivity contribution in [2.75, 3.05) is 207 Å². The molecule has 14 bridgehead atoms. The summed E-state index contributed by atoms with van der Waals surface area (Å²) < 4.78 is 217. The van der Waals surface area contributed by atoms with Gasteiger partial charge >= 0.3 is 0 Å². The van der Waals surface area contributed by atoms with E-state index < -0.39 is 221 Å². The van der Waals surface area contributed by atoms with Gasteiger partial charge in [-0.3, -0.25) is 9.59 Å². The number of amides is 2. The summed E-state index contributed by atoms with van der Waals surface area (Å²) in [6.07, 6.45) is -35.1. The molecule has 0 aliphatic carbocycles. The first-order chi connectivity index (χ1) is 53.5. The van der Waals surface area contributed by atoms with Gasteiger partial charge in [0.05, 0.1) is 52.3 Å². The van der Waals surface area contributed by atoms with E-state index in [9.17, 15) is 9.59 Å². The third-order valence-electron chi connectivity index (χ3n) is 20.6. The van der Waals surface area contributed by atoms with Crippen LogP contribution in [-0.2, 0) is 175 Å². The van der Waals surface area contributed by atoms with Gasteiger partial charge in [-0.1, -0.05) is 21.6 Å². The Balaban J connectivity index is 1.13. The van der Waals surface area contributed by atoms with Crippen molar-refractivity contribution in [1.82, 2.24) is 10.8 Å². The Labute approximate surface area is 652 Å². The number of fused-ring (bicyclic) bond motifs is 2. The van der Waals surface area contributed by atoms with Gasteiger partial charge in [0.2, 0.25) is 18.1 Å². The fraction of sp³-hybridized carbons (Fsp3) is 0.971. The lowest BCUT2D eigenvalue weighted by molar-refractivity contribution is -0.404. The van der Waals surface area contributed by atoms with Crippen molar-refractivity contribution in [2.24, 2.45) is 0 Å². The molecule has 0 unspecified atom stereocenters. The molecule has 2 N–H and O–H groups in total. The first kappa shape index (κ1) is 93.7. The van der Waals surface area contributed by atoms with Crippen LogP contribution in [0.1, 0.15) is 12.8 Å². The first-order valence-corrected chi connectivity index (χ1v) is 38.8. The van der Waals surface area contributed by atoms with Crippen molar-refractivity contribution in [3.63, 3.8) is 0 Å². The lowest BCUT2D eigenvalue weighted by Gasteiger charge is -2.52. The van der Waals surface area contributed by atoms with E-state index in [0.29, 0.717) is 11.5 Å². The van der Waals surface area contributed by atoms with Crippen LogP contribution in [0.5, 0.6) is 0 Å². The van der Waals surface area contributed by atoms with Crippen molar-refractivity contribution in [3.05, 3.63) is 0 Å². The molecule has 19 fully saturated rings. The standard InChI is InChI=1S/C69H122N2O37S2/c1-74-26-33-42-49(81-8)56(88-15)63(95-33)102-43-34(27-75-2)96-64(57(89-16)50(43)82-9)103-44-35(28-76-3)97-65(58(90-17)51(44)83-10)104-45-36(29-77-4)98-66(59(91-18)52(45)84-11)105-46-37(30-78-5)99-67(60(92-19)53(46)85-12)106-47-38(31-79-6)100-68(61(93-20)54(47)86-13)107-48-39(32-80-7)101-69(62(94-21)55(48)87-14)108-71-41(73)23-25-110-109-24-22-40(72)70-42/h33-39,42-69H,22-32H2,1-21H3,(H,70,72)(H,71,73)/t33-,34-,35-,36-,37-,38-,39-,42-,43-,44-,45-,46-,47-,48-,49+,50+,51+,52+,53+,54+,55+,56-,57-,58-,59-,60-,61-,62-,63-,64-,65-,66-,67-,68-,69-/m1/s1. The Morgan fingerprint density at radius 1 is 0.255 bits per heavy atom. The molecule has 0 aromatic heterocycles. The van der Waals surface area contributed by atoms with Gasteiger partial charge in [-0.15, -0.1) is 0 Å². The first-order valence-electron chi connectivity index (χ1n) is 36.3. The Bertz CT molecular complexity index is 2590. The molecule has 110 heavy (non-hydrogen) atoms. The number of hydrogen-bond donors (Lipinski definition) is 2. The molecule has 35 atom stereocenters. The number of ether oxygens (including phenoxy) is 34. The second-order valence-electron chi connectivity index (χ2n) is 26.8. The summed E-state index contributed by atoms with van der Waals surface area (Å²) in [5.41, 5.74) is 2.51. The van der Waals surface area contributed by atoms with Gasteiger partial charge in [0.1, 0.15) is 165 Å². The maximum atomic E-state index is 13.9. The van der Waals surface area contributed by atoms with Gasteiger partial charge in [0.25, 0.3) is 0 Å². The largest absolute Gasteiger partial charge is 0.382 e. The van der Waals surface area contributed by atoms with Crippen LogP contribution >= 0.6 is 21.6 Å². The van der Waals surface area contributed by atoms with Crippen LogP contribution in [0.2, 0.25) is 0 Å². The van der Waals surface area contributed by atoms with Gasteiger partial charge in [0.15, 0.2) is 37.7 Å². The average Bonchev–Trinajstić information content (AvgIpc) is 0.764. The Morgan fingerprint density at radius 2 is 0.455 bits per heavy atom. The summed E-state index contributed by atoms with van der Waals surface area (Å²) in [5, 5.41) is 3.10.